The van der Waals surface area contributed by atoms with Crippen LogP contribution in [0, 0.1) is 58.2 Å². The molecule has 6 nitrogen and oxygen atoms in total. The van der Waals surface area contributed by atoms with Gasteiger partial charge < -0.3 is 25.5 Å². The molecule has 14 atom stereocenters. The average molecular weight is 465 g/mol. The predicted molar refractivity (Wildman–Crippen MR) is 123 cm³/mol. The highest BCUT2D eigenvalue weighted by molar-refractivity contribution is 5.89. The van der Waals surface area contributed by atoms with Crippen LogP contribution in [0.15, 0.2) is 0 Å². The fraction of sp³-hybridized carbons (Fsp3) is 0.963. The van der Waals surface area contributed by atoms with Crippen LogP contribution in [0.5, 0.6) is 0 Å². The van der Waals surface area contributed by atoms with Crippen molar-refractivity contribution in [3.8, 4) is 0 Å². The van der Waals surface area contributed by atoms with Crippen LogP contribution in [0.2, 0.25) is 0 Å². The molecule has 0 aromatic rings. The van der Waals surface area contributed by atoms with Crippen LogP contribution in [0.25, 0.3) is 0 Å². The van der Waals surface area contributed by atoms with Gasteiger partial charge in [-0.1, -0.05) is 34.6 Å². The van der Waals surface area contributed by atoms with Gasteiger partial charge in [-0.15, -0.1) is 0 Å². The molecule has 0 bridgehead atoms. The van der Waals surface area contributed by atoms with E-state index in [1.165, 1.54) is 0 Å². The molecule has 188 valence electrons. The summed E-state index contributed by atoms with van der Waals surface area (Å²) in [6.07, 6.45) is -0.202. The molecule has 5 rings (SSSR count). The number of hydrogen-bond donors (Lipinski definition) is 5. The van der Waals surface area contributed by atoms with Gasteiger partial charge in [0, 0.05) is 11.8 Å². The van der Waals surface area contributed by atoms with E-state index in [1.807, 2.05) is 0 Å². The molecular weight excluding hydrogens is 420 g/mol. The van der Waals surface area contributed by atoms with Gasteiger partial charge in [-0.3, -0.25) is 4.79 Å². The zero-order chi connectivity index (χ0) is 24.2. The second-order valence-electron chi connectivity index (χ2n) is 13.7. The van der Waals surface area contributed by atoms with E-state index in [0.29, 0.717) is 19.3 Å². The Labute approximate surface area is 197 Å². The minimum Gasteiger partial charge on any atom is -0.390 e. The first-order valence-electron chi connectivity index (χ1n) is 13.2. The fourth-order valence-corrected chi connectivity index (χ4v) is 10.5. The molecule has 5 N–H and O–H groups in total. The van der Waals surface area contributed by atoms with Gasteiger partial charge in [-0.25, -0.2) is 0 Å². The van der Waals surface area contributed by atoms with Crippen molar-refractivity contribution in [2.45, 2.75) is 103 Å². The van der Waals surface area contributed by atoms with Crippen molar-refractivity contribution in [1.29, 1.82) is 0 Å². The maximum absolute atomic E-state index is 14.2. The van der Waals surface area contributed by atoms with Gasteiger partial charge in [0.15, 0.2) is 0 Å². The van der Waals surface area contributed by atoms with E-state index in [1.54, 1.807) is 0 Å². The van der Waals surface area contributed by atoms with Crippen LogP contribution in [-0.2, 0) is 4.79 Å². The number of aliphatic hydroxyl groups is 5. The summed E-state index contributed by atoms with van der Waals surface area (Å²) in [7, 11) is 0. The largest absolute Gasteiger partial charge is 0.390 e. The Hall–Kier alpha value is -0.530. The Morgan fingerprint density at radius 2 is 1.61 bits per heavy atom. The number of aliphatic hydroxyl groups excluding tert-OH is 4. The standard InChI is InChI=1S/C27H44O6/c1-12(2)9-27(33)10-13(3)19-21(27)24(32)20-18-14(6-7-25(19,20)4)26(5)11-17(29)16(28)8-15(26)22(30)23(18)31/h12-23,28-31,33H,6-11H2,1-5H3. The van der Waals surface area contributed by atoms with Crippen molar-refractivity contribution < 1.29 is 30.3 Å². The number of rotatable bonds is 2. The number of fused-ring (bicyclic) bond motifs is 7. The molecule has 0 saturated heterocycles. The van der Waals surface area contributed by atoms with Crippen LogP contribution >= 0.6 is 0 Å². The third-order valence-corrected chi connectivity index (χ3v) is 11.4. The van der Waals surface area contributed by atoms with Crippen molar-refractivity contribution >= 4 is 5.78 Å². The number of carbonyl (C=O) groups is 1. The molecule has 5 saturated carbocycles. The van der Waals surface area contributed by atoms with Gasteiger partial charge in [0.2, 0.25) is 0 Å². The lowest BCUT2D eigenvalue weighted by atomic mass is 9.42. The zero-order valence-electron chi connectivity index (χ0n) is 20.8. The van der Waals surface area contributed by atoms with Crippen molar-refractivity contribution in [2.24, 2.45) is 58.2 Å². The van der Waals surface area contributed by atoms with Crippen LogP contribution in [0.4, 0.5) is 0 Å². The Balaban J connectivity index is 1.56. The molecule has 5 fully saturated rings. The normalized spacial score (nSPS) is 60.3. The highest BCUT2D eigenvalue weighted by Crippen LogP contribution is 2.71. The summed E-state index contributed by atoms with van der Waals surface area (Å²) in [5, 5.41) is 55.3. The lowest BCUT2D eigenvalue weighted by Gasteiger charge is -2.63. The van der Waals surface area contributed by atoms with E-state index < -0.39 is 41.3 Å². The number of carbonyl (C=O) groups excluding carboxylic acids is 1. The summed E-state index contributed by atoms with van der Waals surface area (Å²) >= 11 is 0. The predicted octanol–water partition coefficient (Wildman–Crippen LogP) is 2.14. The van der Waals surface area contributed by atoms with Crippen LogP contribution < -0.4 is 0 Å². The molecule has 14 unspecified atom stereocenters. The van der Waals surface area contributed by atoms with Crippen molar-refractivity contribution in [1.82, 2.24) is 0 Å². The lowest BCUT2D eigenvalue weighted by molar-refractivity contribution is -0.235. The molecule has 0 aliphatic heterocycles. The maximum Gasteiger partial charge on any atom is 0.143 e. The van der Waals surface area contributed by atoms with Crippen LogP contribution in [0.1, 0.15) is 73.1 Å². The lowest BCUT2D eigenvalue weighted by Crippen LogP contribution is -2.66. The summed E-state index contributed by atoms with van der Waals surface area (Å²) in [5.74, 6) is -0.777. The number of hydrogen-bond acceptors (Lipinski definition) is 6. The van der Waals surface area contributed by atoms with E-state index in [2.05, 4.69) is 34.6 Å². The Morgan fingerprint density at radius 3 is 2.24 bits per heavy atom. The van der Waals surface area contributed by atoms with E-state index >= 15 is 0 Å². The van der Waals surface area contributed by atoms with E-state index in [0.717, 1.165) is 12.8 Å². The summed E-state index contributed by atoms with van der Waals surface area (Å²) in [6.45, 7) is 10.6. The molecule has 0 radical (unpaired) electrons. The Bertz CT molecular complexity index is 814. The Kier molecular flexibility index (Phi) is 5.49. The van der Waals surface area contributed by atoms with Crippen LogP contribution in [0.3, 0.4) is 0 Å². The summed E-state index contributed by atoms with van der Waals surface area (Å²) in [4.78, 5) is 14.2. The first-order valence-corrected chi connectivity index (χ1v) is 13.2. The molecule has 5 aliphatic carbocycles. The molecule has 5 aliphatic rings. The molecule has 33 heavy (non-hydrogen) atoms. The van der Waals surface area contributed by atoms with Crippen LogP contribution in [-0.4, -0.2) is 61.3 Å². The molecule has 0 aromatic heterocycles. The van der Waals surface area contributed by atoms with Crippen molar-refractivity contribution in [3.63, 3.8) is 0 Å². The zero-order valence-corrected chi connectivity index (χ0v) is 20.8. The van der Waals surface area contributed by atoms with Crippen molar-refractivity contribution in [3.05, 3.63) is 0 Å². The van der Waals surface area contributed by atoms with Gasteiger partial charge in [0.05, 0.1) is 35.9 Å². The monoisotopic (exact) mass is 464 g/mol. The average Bonchev–Trinajstić information content (AvgIpc) is 3.11. The smallest absolute Gasteiger partial charge is 0.143 e. The van der Waals surface area contributed by atoms with Gasteiger partial charge in [-0.05, 0) is 78.9 Å². The molecular formula is C27H44O6. The Morgan fingerprint density at radius 1 is 0.939 bits per heavy atom. The first kappa shape index (κ1) is 24.2. The third-order valence-electron chi connectivity index (χ3n) is 11.4. The van der Waals surface area contributed by atoms with Crippen molar-refractivity contribution in [2.75, 3.05) is 0 Å². The molecule has 0 heterocycles. The highest BCUT2D eigenvalue weighted by Gasteiger charge is 2.74. The second-order valence-corrected chi connectivity index (χ2v) is 13.7. The summed E-state index contributed by atoms with van der Waals surface area (Å²) < 4.78 is 0. The quantitative estimate of drug-likeness (QED) is 0.427. The van der Waals surface area contributed by atoms with Gasteiger partial charge in [-0.2, -0.15) is 0 Å². The van der Waals surface area contributed by atoms with Gasteiger partial charge >= 0.3 is 0 Å². The third kappa shape index (κ3) is 3.06. The maximum atomic E-state index is 14.2. The summed E-state index contributed by atoms with van der Waals surface area (Å²) in [5.41, 5.74) is -1.75. The molecule has 0 aromatic carbocycles. The van der Waals surface area contributed by atoms with E-state index in [9.17, 15) is 30.3 Å². The van der Waals surface area contributed by atoms with Gasteiger partial charge in [0.1, 0.15) is 5.78 Å². The SMILES string of the molecule is CC(C)CC1(O)CC(C)C2C1C(=O)C1C3C(O)C(O)C4CC(O)C(O)CC4(C)C3CCC12C. The molecule has 0 spiro atoms. The number of Topliss-reactive ketones (excluding diaryl/α,β-unsaturated/α-hetero) is 1. The van der Waals surface area contributed by atoms with Gasteiger partial charge in [0.25, 0.3) is 0 Å². The number of ketones is 1. The molecule has 6 heteroatoms. The second kappa shape index (κ2) is 7.49. The highest BCUT2D eigenvalue weighted by atomic mass is 16.3. The first-order chi connectivity index (χ1) is 15.3. The minimum absolute atomic E-state index is 0.00241. The summed E-state index contributed by atoms with van der Waals surface area (Å²) in [6, 6.07) is 0. The minimum atomic E-state index is -1.03. The van der Waals surface area contributed by atoms with E-state index in [-0.39, 0.29) is 59.0 Å². The topological polar surface area (TPSA) is 118 Å². The molecule has 0 amide bonds. The fourth-order valence-electron chi connectivity index (χ4n) is 10.5. The van der Waals surface area contributed by atoms with E-state index in [4.69, 9.17) is 0 Å².